The number of hydrogen-bond acceptors (Lipinski definition) is 3. The molecule has 1 aromatic carbocycles. The Hall–Kier alpha value is -1.88. The number of carbonyl (C=O) groups excluding carboxylic acids is 2. The third-order valence-electron chi connectivity index (χ3n) is 3.66. The van der Waals surface area contributed by atoms with Crippen molar-refractivity contribution in [1.82, 2.24) is 5.32 Å². The lowest BCUT2D eigenvalue weighted by atomic mass is 10.1. The van der Waals surface area contributed by atoms with Gasteiger partial charge in [-0.15, -0.1) is 0 Å². The zero-order valence-corrected chi connectivity index (χ0v) is 12.3. The first-order valence-corrected chi connectivity index (χ1v) is 7.39. The number of nitrogens with one attached hydrogen (secondary N) is 1. The molecule has 1 fully saturated rings. The molecule has 2 N–H and O–H groups in total. The van der Waals surface area contributed by atoms with Crippen LogP contribution in [-0.4, -0.2) is 36.1 Å². The van der Waals surface area contributed by atoms with Crippen LogP contribution in [0.3, 0.4) is 0 Å². The molecule has 0 radical (unpaired) electrons. The molecule has 0 saturated carbocycles. The van der Waals surface area contributed by atoms with Crippen LogP contribution in [0.4, 0.5) is 5.69 Å². The predicted octanol–water partition coefficient (Wildman–Crippen LogP) is 1.24. The second kappa shape index (κ2) is 7.22. The Morgan fingerprint density at radius 1 is 1.38 bits per heavy atom. The lowest BCUT2D eigenvalue weighted by Crippen LogP contribution is -2.34. The number of aliphatic hydroxyl groups excluding tert-OH is 1. The highest BCUT2D eigenvalue weighted by Gasteiger charge is 2.21. The molecule has 2 amide bonds. The van der Waals surface area contributed by atoms with Crippen LogP contribution in [0.25, 0.3) is 0 Å². The molecule has 21 heavy (non-hydrogen) atoms. The number of aliphatic hydroxyl groups is 1. The van der Waals surface area contributed by atoms with Crippen molar-refractivity contribution in [3.63, 3.8) is 0 Å². The number of carbonyl (C=O) groups is 2. The van der Waals surface area contributed by atoms with Crippen LogP contribution in [0.1, 0.15) is 31.7 Å². The van der Waals surface area contributed by atoms with Crippen molar-refractivity contribution in [2.45, 2.75) is 38.6 Å². The topological polar surface area (TPSA) is 69.6 Å². The van der Waals surface area contributed by atoms with E-state index in [2.05, 4.69) is 5.32 Å². The van der Waals surface area contributed by atoms with Gasteiger partial charge in [0.15, 0.2) is 0 Å². The Bertz CT molecular complexity index is 499. The molecule has 1 atom stereocenters. The van der Waals surface area contributed by atoms with Gasteiger partial charge in [-0.1, -0.05) is 12.1 Å². The monoisotopic (exact) mass is 290 g/mol. The van der Waals surface area contributed by atoms with Gasteiger partial charge in [0.25, 0.3) is 0 Å². The minimum absolute atomic E-state index is 0.0241. The molecular formula is C16H22N2O3. The van der Waals surface area contributed by atoms with E-state index in [1.807, 2.05) is 31.2 Å². The molecule has 0 bridgehead atoms. The van der Waals surface area contributed by atoms with Gasteiger partial charge in [-0.05, 0) is 37.5 Å². The van der Waals surface area contributed by atoms with E-state index in [9.17, 15) is 9.59 Å². The molecule has 0 aliphatic carbocycles. The molecule has 5 nitrogen and oxygen atoms in total. The molecule has 1 aromatic rings. The van der Waals surface area contributed by atoms with E-state index in [1.54, 1.807) is 4.90 Å². The van der Waals surface area contributed by atoms with Crippen molar-refractivity contribution in [1.29, 1.82) is 0 Å². The van der Waals surface area contributed by atoms with Crippen LogP contribution in [0.2, 0.25) is 0 Å². The molecular weight excluding hydrogens is 268 g/mol. The zero-order valence-electron chi connectivity index (χ0n) is 12.3. The van der Waals surface area contributed by atoms with Crippen LogP contribution in [0, 0.1) is 0 Å². The lowest BCUT2D eigenvalue weighted by molar-refractivity contribution is -0.121. The highest BCUT2D eigenvalue weighted by atomic mass is 16.3. The van der Waals surface area contributed by atoms with Gasteiger partial charge in [0.1, 0.15) is 0 Å². The van der Waals surface area contributed by atoms with Crippen LogP contribution in [0.15, 0.2) is 24.3 Å². The van der Waals surface area contributed by atoms with E-state index >= 15 is 0 Å². The molecule has 0 unspecified atom stereocenters. The number of benzene rings is 1. The maximum absolute atomic E-state index is 11.8. The Labute approximate surface area is 125 Å². The standard InChI is InChI=1S/C16H22N2O3/c1-12(8-10-19)17-15(20)11-13-4-6-14(7-5-13)18-9-2-3-16(18)21/h4-7,12,19H,2-3,8-11H2,1H3,(H,17,20)/t12-/m1/s1. The summed E-state index contributed by atoms with van der Waals surface area (Å²) in [5.74, 6) is 0.110. The van der Waals surface area contributed by atoms with Crippen molar-refractivity contribution < 1.29 is 14.7 Å². The molecule has 1 saturated heterocycles. The molecule has 5 heteroatoms. The first kappa shape index (κ1) is 15.5. The molecule has 0 spiro atoms. The average molecular weight is 290 g/mol. The Balaban J connectivity index is 1.90. The maximum Gasteiger partial charge on any atom is 0.227 e. The average Bonchev–Trinajstić information content (AvgIpc) is 2.86. The molecule has 2 rings (SSSR count). The van der Waals surface area contributed by atoms with Crippen LogP contribution in [0.5, 0.6) is 0 Å². The van der Waals surface area contributed by atoms with E-state index in [-0.39, 0.29) is 24.5 Å². The van der Waals surface area contributed by atoms with Crippen molar-refractivity contribution in [2.24, 2.45) is 0 Å². The normalized spacial score (nSPS) is 16.1. The zero-order chi connectivity index (χ0) is 15.2. The minimum atomic E-state index is -0.0547. The van der Waals surface area contributed by atoms with Gasteiger partial charge in [0.05, 0.1) is 6.42 Å². The summed E-state index contributed by atoms with van der Waals surface area (Å²) >= 11 is 0. The Morgan fingerprint density at radius 3 is 2.67 bits per heavy atom. The maximum atomic E-state index is 11.8. The summed E-state index contributed by atoms with van der Waals surface area (Å²) in [6.45, 7) is 2.72. The van der Waals surface area contributed by atoms with E-state index in [1.165, 1.54) is 0 Å². The van der Waals surface area contributed by atoms with Gasteiger partial charge in [0.2, 0.25) is 11.8 Å². The largest absolute Gasteiger partial charge is 0.396 e. The summed E-state index contributed by atoms with van der Waals surface area (Å²) in [6, 6.07) is 7.53. The summed E-state index contributed by atoms with van der Waals surface area (Å²) in [5.41, 5.74) is 1.81. The third-order valence-corrected chi connectivity index (χ3v) is 3.66. The molecule has 1 heterocycles. The number of anilines is 1. The van der Waals surface area contributed by atoms with Gasteiger partial charge in [-0.2, -0.15) is 0 Å². The van der Waals surface area contributed by atoms with Crippen LogP contribution in [-0.2, 0) is 16.0 Å². The summed E-state index contributed by atoms with van der Waals surface area (Å²) in [7, 11) is 0. The summed E-state index contributed by atoms with van der Waals surface area (Å²) < 4.78 is 0. The summed E-state index contributed by atoms with van der Waals surface area (Å²) in [5, 5.41) is 11.7. The molecule has 1 aliphatic heterocycles. The lowest BCUT2D eigenvalue weighted by Gasteiger charge is -2.16. The fourth-order valence-electron chi connectivity index (χ4n) is 2.49. The van der Waals surface area contributed by atoms with Gasteiger partial charge in [0, 0.05) is 31.3 Å². The Kier molecular flexibility index (Phi) is 5.33. The van der Waals surface area contributed by atoms with Crippen molar-refractivity contribution in [3.05, 3.63) is 29.8 Å². The highest BCUT2D eigenvalue weighted by Crippen LogP contribution is 2.21. The minimum Gasteiger partial charge on any atom is -0.396 e. The van der Waals surface area contributed by atoms with Crippen LogP contribution < -0.4 is 10.2 Å². The van der Waals surface area contributed by atoms with Crippen molar-refractivity contribution in [2.75, 3.05) is 18.1 Å². The van der Waals surface area contributed by atoms with Crippen LogP contribution >= 0.6 is 0 Å². The van der Waals surface area contributed by atoms with Gasteiger partial charge in [-0.25, -0.2) is 0 Å². The fourth-order valence-corrected chi connectivity index (χ4v) is 2.49. The number of rotatable bonds is 6. The quantitative estimate of drug-likeness (QED) is 0.828. The predicted molar refractivity (Wildman–Crippen MR) is 81.0 cm³/mol. The van der Waals surface area contributed by atoms with E-state index < -0.39 is 0 Å². The smallest absolute Gasteiger partial charge is 0.227 e. The highest BCUT2D eigenvalue weighted by molar-refractivity contribution is 5.95. The second-order valence-corrected chi connectivity index (χ2v) is 5.47. The fraction of sp³-hybridized carbons (Fsp3) is 0.500. The second-order valence-electron chi connectivity index (χ2n) is 5.47. The van der Waals surface area contributed by atoms with Gasteiger partial charge < -0.3 is 15.3 Å². The Morgan fingerprint density at radius 2 is 2.10 bits per heavy atom. The number of hydrogen-bond donors (Lipinski definition) is 2. The van der Waals surface area contributed by atoms with Gasteiger partial charge >= 0.3 is 0 Å². The molecule has 1 aliphatic rings. The molecule has 0 aromatic heterocycles. The third kappa shape index (κ3) is 4.29. The van der Waals surface area contributed by atoms with E-state index in [0.29, 0.717) is 19.3 Å². The van der Waals surface area contributed by atoms with Gasteiger partial charge in [-0.3, -0.25) is 9.59 Å². The summed E-state index contributed by atoms with van der Waals surface area (Å²) in [6.07, 6.45) is 2.39. The summed E-state index contributed by atoms with van der Waals surface area (Å²) in [4.78, 5) is 25.3. The van der Waals surface area contributed by atoms with Crippen molar-refractivity contribution >= 4 is 17.5 Å². The number of amides is 2. The SMILES string of the molecule is C[C@H](CCO)NC(=O)Cc1ccc(N2CCCC2=O)cc1. The molecule has 114 valence electrons. The number of nitrogens with zero attached hydrogens (tertiary/aromatic N) is 1. The van der Waals surface area contributed by atoms with E-state index in [0.717, 1.165) is 24.2 Å². The van der Waals surface area contributed by atoms with Crippen molar-refractivity contribution in [3.8, 4) is 0 Å². The van der Waals surface area contributed by atoms with E-state index in [4.69, 9.17) is 5.11 Å². The first-order valence-electron chi connectivity index (χ1n) is 7.39. The first-order chi connectivity index (χ1) is 10.1.